The molecule has 1 aromatic rings. The third-order valence-corrected chi connectivity index (χ3v) is 2.39. The van der Waals surface area contributed by atoms with Crippen LogP contribution >= 0.6 is 0 Å². The lowest BCUT2D eigenvalue weighted by Crippen LogP contribution is -2.42. The number of hydrogen-bond donors (Lipinski definition) is 2. The Morgan fingerprint density at radius 3 is 2.40 bits per heavy atom. The van der Waals surface area contributed by atoms with Crippen LogP contribution in [-0.2, 0) is 0 Å². The van der Waals surface area contributed by atoms with Crippen molar-refractivity contribution in [2.24, 2.45) is 0 Å². The monoisotopic (exact) mass is 277 g/mol. The number of amides is 1. The van der Waals surface area contributed by atoms with Crippen LogP contribution in [0.3, 0.4) is 0 Å². The van der Waals surface area contributed by atoms with Crippen LogP contribution in [0.2, 0.25) is 0 Å². The van der Waals surface area contributed by atoms with Gasteiger partial charge in [0.05, 0.1) is 11.1 Å². The molecule has 2 N–H and O–H groups in total. The summed E-state index contributed by atoms with van der Waals surface area (Å²) in [7, 11) is 0. The molecule has 1 rings (SSSR count). The summed E-state index contributed by atoms with van der Waals surface area (Å²) in [4.78, 5) is 16.0. The molecule has 0 aliphatic carbocycles. The van der Waals surface area contributed by atoms with Crippen molar-refractivity contribution in [3.8, 4) is 12.3 Å². The molecule has 0 radical (unpaired) electrons. The number of halogens is 1. The Bertz CT molecular complexity index is 553. The number of rotatable bonds is 3. The van der Waals surface area contributed by atoms with Gasteiger partial charge in [-0.2, -0.15) is 4.39 Å². The lowest BCUT2D eigenvalue weighted by atomic mass is 10.1. The third-order valence-electron chi connectivity index (χ3n) is 2.39. The van der Waals surface area contributed by atoms with E-state index < -0.39 is 17.4 Å². The van der Waals surface area contributed by atoms with Crippen molar-refractivity contribution < 1.29 is 9.18 Å². The number of aromatic nitrogens is 1. The Morgan fingerprint density at radius 1 is 1.30 bits per heavy atom. The van der Waals surface area contributed by atoms with E-state index in [1.807, 2.05) is 20.8 Å². The minimum Gasteiger partial charge on any atom is -0.365 e. The van der Waals surface area contributed by atoms with Crippen LogP contribution in [0.25, 0.3) is 0 Å². The average Bonchev–Trinajstić information content (AvgIpc) is 2.26. The number of terminal acetylenes is 1. The highest BCUT2D eigenvalue weighted by Gasteiger charge is 2.23. The summed E-state index contributed by atoms with van der Waals surface area (Å²) in [6, 6.07) is 2.53. The molecule has 0 bridgehead atoms. The number of nitrogens with zero attached hydrogens (tertiary/aromatic N) is 1. The molecule has 108 valence electrons. The summed E-state index contributed by atoms with van der Waals surface area (Å²) in [5, 5.41) is 5.70. The number of nitrogens with one attached hydrogen (secondary N) is 2. The fourth-order valence-corrected chi connectivity index (χ4v) is 1.46. The van der Waals surface area contributed by atoms with Crippen LogP contribution < -0.4 is 10.6 Å². The predicted octanol–water partition coefficient (Wildman–Crippen LogP) is 2.57. The van der Waals surface area contributed by atoms with Crippen molar-refractivity contribution >= 4 is 11.7 Å². The molecular formula is C15H20FN3O. The smallest absolute Gasteiger partial charge is 0.256 e. The molecule has 20 heavy (non-hydrogen) atoms. The zero-order valence-electron chi connectivity index (χ0n) is 12.5. The number of hydrogen-bond acceptors (Lipinski definition) is 3. The molecular weight excluding hydrogens is 257 g/mol. The molecule has 1 aromatic heterocycles. The second kappa shape index (κ2) is 5.49. The quantitative estimate of drug-likeness (QED) is 0.659. The Labute approximate surface area is 119 Å². The van der Waals surface area contributed by atoms with Gasteiger partial charge < -0.3 is 10.6 Å². The molecule has 0 saturated carbocycles. The number of carbonyl (C=O) groups excluding carboxylic acids is 1. The summed E-state index contributed by atoms with van der Waals surface area (Å²) >= 11 is 0. The molecule has 0 atom stereocenters. The maximum atomic E-state index is 13.3. The highest BCUT2D eigenvalue weighted by Crippen LogP contribution is 2.19. The summed E-state index contributed by atoms with van der Waals surface area (Å²) in [6.45, 7) is 9.10. The van der Waals surface area contributed by atoms with Crippen molar-refractivity contribution in [2.75, 3.05) is 5.32 Å². The lowest BCUT2D eigenvalue weighted by molar-refractivity contribution is 0.0930. The summed E-state index contributed by atoms with van der Waals surface area (Å²) in [5.41, 5.74) is -0.883. The van der Waals surface area contributed by atoms with E-state index >= 15 is 0 Å². The second-order valence-corrected chi connectivity index (χ2v) is 6.13. The van der Waals surface area contributed by atoms with Gasteiger partial charge in [-0.25, -0.2) is 4.98 Å². The van der Waals surface area contributed by atoms with E-state index in [-0.39, 0.29) is 16.9 Å². The van der Waals surface area contributed by atoms with Crippen LogP contribution in [0, 0.1) is 18.3 Å². The highest BCUT2D eigenvalue weighted by molar-refractivity contribution is 5.99. The molecule has 0 unspecified atom stereocenters. The molecule has 4 nitrogen and oxygen atoms in total. The van der Waals surface area contributed by atoms with Crippen LogP contribution in [0.4, 0.5) is 10.2 Å². The van der Waals surface area contributed by atoms with E-state index in [0.717, 1.165) is 6.07 Å². The van der Waals surface area contributed by atoms with E-state index in [9.17, 15) is 9.18 Å². The molecule has 0 fully saturated rings. The van der Waals surface area contributed by atoms with E-state index in [1.165, 1.54) is 6.07 Å². The van der Waals surface area contributed by atoms with E-state index in [0.29, 0.717) is 0 Å². The Hall–Kier alpha value is -2.09. The standard InChI is InChI=1S/C15H20FN3O/c1-7-15(5,6)19-13(20)10-8-9-11(16)17-12(10)18-14(2,3)4/h1,8-9H,2-6H3,(H,17,18)(H,19,20). The van der Waals surface area contributed by atoms with Crippen molar-refractivity contribution in [1.29, 1.82) is 0 Å². The number of anilines is 1. The van der Waals surface area contributed by atoms with Crippen LogP contribution in [0.15, 0.2) is 12.1 Å². The third kappa shape index (κ3) is 4.54. The summed E-state index contributed by atoms with van der Waals surface area (Å²) in [5.74, 6) is 1.63. The highest BCUT2D eigenvalue weighted by atomic mass is 19.1. The largest absolute Gasteiger partial charge is 0.365 e. The molecule has 0 aliphatic rings. The average molecular weight is 277 g/mol. The molecule has 0 aromatic carbocycles. The topological polar surface area (TPSA) is 54.0 Å². The SMILES string of the molecule is C#CC(C)(C)NC(=O)c1ccc(F)nc1NC(C)(C)C. The first-order valence-electron chi connectivity index (χ1n) is 6.29. The zero-order valence-corrected chi connectivity index (χ0v) is 12.5. The molecule has 0 spiro atoms. The van der Waals surface area contributed by atoms with Crippen molar-refractivity contribution in [3.63, 3.8) is 0 Å². The van der Waals surface area contributed by atoms with Gasteiger partial charge in [0.25, 0.3) is 5.91 Å². The van der Waals surface area contributed by atoms with Crippen molar-refractivity contribution in [2.45, 2.75) is 45.7 Å². The summed E-state index contributed by atoms with van der Waals surface area (Å²) < 4.78 is 13.3. The first kappa shape index (κ1) is 16.0. The van der Waals surface area contributed by atoms with Gasteiger partial charge in [0.2, 0.25) is 5.95 Å². The first-order chi connectivity index (χ1) is 9.04. The zero-order chi connectivity index (χ0) is 15.6. The van der Waals surface area contributed by atoms with Gasteiger partial charge in [-0.05, 0) is 46.8 Å². The molecule has 1 amide bonds. The van der Waals surface area contributed by atoms with Gasteiger partial charge >= 0.3 is 0 Å². The van der Waals surface area contributed by atoms with Crippen LogP contribution in [0.1, 0.15) is 45.0 Å². The molecule has 0 aliphatic heterocycles. The van der Waals surface area contributed by atoms with E-state index in [2.05, 4.69) is 21.5 Å². The van der Waals surface area contributed by atoms with E-state index in [4.69, 9.17) is 6.42 Å². The Balaban J connectivity index is 3.12. The minimum absolute atomic E-state index is 0.197. The summed E-state index contributed by atoms with van der Waals surface area (Å²) in [6.07, 6.45) is 5.34. The first-order valence-corrected chi connectivity index (χ1v) is 6.29. The van der Waals surface area contributed by atoms with Gasteiger partial charge in [-0.1, -0.05) is 5.92 Å². The van der Waals surface area contributed by atoms with Gasteiger partial charge in [-0.3, -0.25) is 4.79 Å². The van der Waals surface area contributed by atoms with E-state index in [1.54, 1.807) is 13.8 Å². The van der Waals surface area contributed by atoms with Crippen LogP contribution in [0.5, 0.6) is 0 Å². The fourth-order valence-electron chi connectivity index (χ4n) is 1.46. The van der Waals surface area contributed by atoms with Crippen molar-refractivity contribution in [1.82, 2.24) is 10.3 Å². The molecule has 0 saturated heterocycles. The van der Waals surface area contributed by atoms with Gasteiger partial charge in [0.15, 0.2) is 0 Å². The predicted molar refractivity (Wildman–Crippen MR) is 77.9 cm³/mol. The number of carbonyl (C=O) groups is 1. The van der Waals surface area contributed by atoms with Crippen LogP contribution in [-0.4, -0.2) is 22.0 Å². The maximum Gasteiger partial charge on any atom is 0.256 e. The lowest BCUT2D eigenvalue weighted by Gasteiger charge is -2.24. The van der Waals surface area contributed by atoms with Gasteiger partial charge in [0, 0.05) is 5.54 Å². The maximum absolute atomic E-state index is 13.3. The van der Waals surface area contributed by atoms with Crippen molar-refractivity contribution in [3.05, 3.63) is 23.6 Å². The number of pyridine rings is 1. The minimum atomic E-state index is -0.787. The van der Waals surface area contributed by atoms with Gasteiger partial charge in [0.1, 0.15) is 5.82 Å². The second-order valence-electron chi connectivity index (χ2n) is 6.13. The Kier molecular flexibility index (Phi) is 4.39. The molecule has 1 heterocycles. The van der Waals surface area contributed by atoms with Gasteiger partial charge in [-0.15, -0.1) is 6.42 Å². The normalized spacial score (nSPS) is 11.7. The molecule has 5 heteroatoms. The Morgan fingerprint density at radius 2 is 1.90 bits per heavy atom. The fraction of sp³-hybridized carbons (Fsp3) is 0.467.